The first kappa shape index (κ1) is 19.7. The predicted octanol–water partition coefficient (Wildman–Crippen LogP) is 3.15. The minimum atomic E-state index is -3.30. The highest BCUT2D eigenvalue weighted by Crippen LogP contribution is 2.32. The number of methoxy groups -OCH3 is 1. The van der Waals surface area contributed by atoms with Crippen LogP contribution in [-0.2, 0) is 9.84 Å². The van der Waals surface area contributed by atoms with Crippen molar-refractivity contribution in [1.82, 2.24) is 15.1 Å². The minimum Gasteiger partial charge on any atom is -0.497 e. The number of hydrogen-bond donors (Lipinski definition) is 1. The Morgan fingerprint density at radius 2 is 2.10 bits per heavy atom. The van der Waals surface area contributed by atoms with Crippen LogP contribution in [0.1, 0.15) is 27.0 Å². The van der Waals surface area contributed by atoms with Crippen molar-refractivity contribution in [3.05, 3.63) is 58.4 Å². The summed E-state index contributed by atoms with van der Waals surface area (Å²) in [6.45, 7) is 0.560. The molecule has 0 spiro atoms. The molecule has 7 nitrogen and oxygen atoms in total. The number of H-pyrrole nitrogens is 1. The molecule has 1 fully saturated rings. The van der Waals surface area contributed by atoms with Crippen molar-refractivity contribution in [1.29, 1.82) is 0 Å². The number of hydrogen-bond acceptors (Lipinski definition) is 6. The van der Waals surface area contributed by atoms with Crippen LogP contribution in [0.5, 0.6) is 5.75 Å². The molecule has 4 rings (SSSR count). The van der Waals surface area contributed by atoms with Crippen molar-refractivity contribution in [2.75, 3.05) is 26.0 Å². The Balaban J connectivity index is 1.52. The molecule has 0 bridgehead atoms. The monoisotopic (exact) mass is 431 g/mol. The van der Waals surface area contributed by atoms with Crippen LogP contribution in [0.25, 0.3) is 11.3 Å². The van der Waals surface area contributed by atoms with Gasteiger partial charge in [0.05, 0.1) is 23.8 Å². The predicted molar refractivity (Wildman–Crippen MR) is 112 cm³/mol. The summed E-state index contributed by atoms with van der Waals surface area (Å²) in [6, 6.07) is 12.8. The van der Waals surface area contributed by atoms with Crippen LogP contribution in [0.4, 0.5) is 0 Å². The Morgan fingerprint density at radius 3 is 2.86 bits per heavy atom. The molecular formula is C20H21N3O4S2. The van der Waals surface area contributed by atoms with Gasteiger partial charge in [0.15, 0.2) is 9.84 Å². The summed E-state index contributed by atoms with van der Waals surface area (Å²) in [5.74, 6) is 0.419. The van der Waals surface area contributed by atoms with E-state index in [1.165, 1.54) is 11.3 Å². The van der Waals surface area contributed by atoms with Crippen LogP contribution >= 0.6 is 11.3 Å². The fourth-order valence-electron chi connectivity index (χ4n) is 3.47. The van der Waals surface area contributed by atoms with E-state index < -0.39 is 15.1 Å². The van der Waals surface area contributed by atoms with Crippen molar-refractivity contribution in [2.45, 2.75) is 11.7 Å². The van der Waals surface area contributed by atoms with Gasteiger partial charge in [0, 0.05) is 23.5 Å². The molecule has 9 heteroatoms. The van der Waals surface area contributed by atoms with Gasteiger partial charge in [0.25, 0.3) is 5.91 Å². The first-order valence-corrected chi connectivity index (χ1v) is 11.8. The molecular weight excluding hydrogens is 410 g/mol. The van der Waals surface area contributed by atoms with E-state index in [-0.39, 0.29) is 18.2 Å². The molecule has 152 valence electrons. The van der Waals surface area contributed by atoms with Gasteiger partial charge in [-0.05, 0) is 36.1 Å². The fourth-order valence-corrected chi connectivity index (χ4v) is 6.48. The van der Waals surface area contributed by atoms with E-state index in [4.69, 9.17) is 4.74 Å². The van der Waals surface area contributed by atoms with E-state index in [2.05, 4.69) is 10.2 Å². The number of carbonyl (C=O) groups excluding carboxylic acids is 1. The third-order valence-corrected chi connectivity index (χ3v) is 8.31. The summed E-state index contributed by atoms with van der Waals surface area (Å²) in [4.78, 5) is 15.4. The molecule has 1 N–H and O–H groups in total. The number of ether oxygens (including phenoxy) is 1. The van der Waals surface area contributed by atoms with Gasteiger partial charge in [0.2, 0.25) is 0 Å². The SMILES string of the molecule is COc1cccc(-c2cc(C(=O)N3CCC(c4cccs4)S(=O)(=O)CC3)[nH]n2)c1. The number of amides is 1. The molecule has 3 heterocycles. The van der Waals surface area contributed by atoms with Crippen LogP contribution in [0.2, 0.25) is 0 Å². The Labute approximate surface area is 173 Å². The third kappa shape index (κ3) is 4.06. The number of benzene rings is 1. The van der Waals surface area contributed by atoms with Crippen LogP contribution in [-0.4, -0.2) is 55.4 Å². The summed E-state index contributed by atoms with van der Waals surface area (Å²) in [5.41, 5.74) is 1.80. The quantitative estimate of drug-likeness (QED) is 0.685. The lowest BCUT2D eigenvalue weighted by atomic mass is 10.1. The van der Waals surface area contributed by atoms with Gasteiger partial charge in [-0.2, -0.15) is 5.10 Å². The molecule has 1 atom stereocenters. The van der Waals surface area contributed by atoms with Crippen LogP contribution in [0, 0.1) is 0 Å². The van der Waals surface area contributed by atoms with E-state index in [0.717, 1.165) is 10.4 Å². The topological polar surface area (TPSA) is 92.4 Å². The van der Waals surface area contributed by atoms with Crippen molar-refractivity contribution < 1.29 is 17.9 Å². The molecule has 3 aromatic rings. The Morgan fingerprint density at radius 1 is 1.24 bits per heavy atom. The van der Waals surface area contributed by atoms with E-state index in [1.807, 2.05) is 41.8 Å². The molecule has 1 amide bonds. The summed E-state index contributed by atoms with van der Waals surface area (Å²) >= 11 is 1.44. The van der Waals surface area contributed by atoms with E-state index in [1.54, 1.807) is 18.1 Å². The zero-order chi connectivity index (χ0) is 20.4. The molecule has 1 aromatic carbocycles. The maximum Gasteiger partial charge on any atom is 0.271 e. The number of sulfone groups is 1. The average Bonchev–Trinajstić information content (AvgIpc) is 3.39. The largest absolute Gasteiger partial charge is 0.497 e. The van der Waals surface area contributed by atoms with Crippen molar-refractivity contribution in [3.63, 3.8) is 0 Å². The van der Waals surface area contributed by atoms with Crippen LogP contribution in [0.15, 0.2) is 47.8 Å². The maximum absolute atomic E-state index is 13.0. The second-order valence-electron chi connectivity index (χ2n) is 6.85. The van der Waals surface area contributed by atoms with Crippen molar-refractivity contribution in [3.8, 4) is 17.0 Å². The van der Waals surface area contributed by atoms with Crippen molar-refractivity contribution in [2.24, 2.45) is 0 Å². The van der Waals surface area contributed by atoms with Gasteiger partial charge in [0.1, 0.15) is 11.4 Å². The molecule has 29 heavy (non-hydrogen) atoms. The normalized spacial score (nSPS) is 18.9. The number of aromatic amines is 1. The highest BCUT2D eigenvalue weighted by Gasteiger charge is 2.33. The first-order valence-electron chi connectivity index (χ1n) is 9.22. The smallest absolute Gasteiger partial charge is 0.271 e. The molecule has 0 saturated carbocycles. The first-order chi connectivity index (χ1) is 14.0. The second kappa shape index (κ2) is 8.00. The van der Waals surface area contributed by atoms with E-state index >= 15 is 0 Å². The average molecular weight is 432 g/mol. The summed E-state index contributed by atoms with van der Waals surface area (Å²) in [6.07, 6.45) is 0.394. The molecule has 0 radical (unpaired) electrons. The Bertz CT molecular complexity index is 1110. The van der Waals surface area contributed by atoms with E-state index in [9.17, 15) is 13.2 Å². The van der Waals surface area contributed by atoms with Gasteiger partial charge in [-0.15, -0.1) is 11.3 Å². The Hall–Kier alpha value is -2.65. The standard InChI is InChI=1S/C20H21N3O4S2/c1-27-15-5-2-4-14(12-15)16-13-17(22-21-16)20(24)23-8-7-19(18-6-3-10-28-18)29(25,26)11-9-23/h2-6,10,12-13,19H,7-9,11H2,1H3,(H,21,22). The minimum absolute atomic E-state index is 0.0435. The molecule has 0 aliphatic carbocycles. The van der Waals surface area contributed by atoms with Gasteiger partial charge >= 0.3 is 0 Å². The van der Waals surface area contributed by atoms with Gasteiger partial charge in [-0.1, -0.05) is 18.2 Å². The number of aromatic nitrogens is 2. The van der Waals surface area contributed by atoms with E-state index in [0.29, 0.717) is 30.1 Å². The highest BCUT2D eigenvalue weighted by molar-refractivity contribution is 7.91. The maximum atomic E-state index is 13.0. The number of nitrogens with zero attached hydrogens (tertiary/aromatic N) is 2. The number of nitrogens with one attached hydrogen (secondary N) is 1. The lowest BCUT2D eigenvalue weighted by molar-refractivity contribution is 0.0760. The molecule has 1 saturated heterocycles. The van der Waals surface area contributed by atoms with Crippen LogP contribution < -0.4 is 4.74 Å². The fraction of sp³-hybridized carbons (Fsp3) is 0.300. The zero-order valence-corrected chi connectivity index (χ0v) is 17.5. The number of rotatable bonds is 4. The Kier molecular flexibility index (Phi) is 5.42. The molecule has 1 aliphatic heterocycles. The van der Waals surface area contributed by atoms with Gasteiger partial charge in [-0.3, -0.25) is 9.89 Å². The highest BCUT2D eigenvalue weighted by atomic mass is 32.2. The number of carbonyl (C=O) groups is 1. The molecule has 1 unspecified atom stereocenters. The van der Waals surface area contributed by atoms with Gasteiger partial charge in [-0.25, -0.2) is 8.42 Å². The number of thiophene rings is 1. The lowest BCUT2D eigenvalue weighted by Gasteiger charge is -2.18. The summed E-state index contributed by atoms with van der Waals surface area (Å²) in [7, 11) is -1.71. The lowest BCUT2D eigenvalue weighted by Crippen LogP contribution is -2.33. The molecule has 2 aromatic heterocycles. The van der Waals surface area contributed by atoms with Crippen LogP contribution in [0.3, 0.4) is 0 Å². The second-order valence-corrected chi connectivity index (χ2v) is 10.1. The van der Waals surface area contributed by atoms with Crippen molar-refractivity contribution >= 4 is 27.1 Å². The van der Waals surface area contributed by atoms with Gasteiger partial charge < -0.3 is 9.64 Å². The molecule has 1 aliphatic rings. The summed E-state index contributed by atoms with van der Waals surface area (Å²) < 4.78 is 30.6. The third-order valence-electron chi connectivity index (χ3n) is 5.06. The summed E-state index contributed by atoms with van der Waals surface area (Å²) in [5, 5.41) is 8.36. The zero-order valence-electron chi connectivity index (χ0n) is 15.9.